The molecule has 0 radical (unpaired) electrons. The molecule has 8 heteroatoms. The molecule has 1 fully saturated rings. The summed E-state index contributed by atoms with van der Waals surface area (Å²) < 4.78 is 20.5. The largest absolute Gasteiger partial charge is 0.481 e. The molecule has 0 saturated carbocycles. The number of benzene rings is 3. The number of carboxylic acids is 1. The number of rotatable bonds is 5. The van der Waals surface area contributed by atoms with Crippen molar-refractivity contribution in [2.75, 3.05) is 25.0 Å². The minimum absolute atomic E-state index is 0.00928. The number of carbonyl (C=O) groups excluding carboxylic acids is 2. The van der Waals surface area contributed by atoms with Gasteiger partial charge in [-0.25, -0.2) is 9.18 Å². The van der Waals surface area contributed by atoms with Crippen molar-refractivity contribution in [1.82, 2.24) is 4.90 Å². The smallest absolute Gasteiger partial charge is 0.411 e. The SMILES string of the molecule is CC1(C(=O)O)CN(C(=O)c2cccc(NC(=O)OCC3c4ccccc4-c4ccccc43)c2F)C1. The third kappa shape index (κ3) is 3.90. The average Bonchev–Trinajstić information content (AvgIpc) is 3.15. The Bertz CT molecular complexity index is 1300. The summed E-state index contributed by atoms with van der Waals surface area (Å²) in [7, 11) is 0. The number of nitrogens with zero attached hydrogens (tertiary/aromatic N) is 1. The quantitative estimate of drug-likeness (QED) is 0.557. The standard InChI is InChI=1S/C27H23FN2O5/c1-27(25(32)33)14-30(15-27)24(31)20-11-6-12-22(23(20)28)29-26(34)35-13-21-18-9-4-2-7-16(18)17-8-3-5-10-19(17)21/h2-12,21H,13-15H2,1H3,(H,29,34)(H,32,33). The number of carbonyl (C=O) groups is 3. The van der Waals surface area contributed by atoms with Crippen molar-refractivity contribution in [3.63, 3.8) is 0 Å². The third-order valence-electron chi connectivity index (χ3n) is 6.69. The fraction of sp³-hybridized carbons (Fsp3) is 0.222. The predicted octanol–water partition coefficient (Wildman–Crippen LogP) is 4.73. The zero-order chi connectivity index (χ0) is 24.7. The van der Waals surface area contributed by atoms with Gasteiger partial charge in [-0.3, -0.25) is 14.9 Å². The lowest BCUT2D eigenvalue weighted by atomic mass is 9.81. The summed E-state index contributed by atoms with van der Waals surface area (Å²) in [5.74, 6) is -2.67. The summed E-state index contributed by atoms with van der Waals surface area (Å²) in [4.78, 5) is 37.7. The van der Waals surface area contributed by atoms with Crippen LogP contribution in [-0.2, 0) is 9.53 Å². The molecule has 3 aromatic rings. The number of amides is 2. The number of hydrogen-bond donors (Lipinski definition) is 2. The monoisotopic (exact) mass is 474 g/mol. The highest BCUT2D eigenvalue weighted by atomic mass is 19.1. The molecule has 35 heavy (non-hydrogen) atoms. The van der Waals surface area contributed by atoms with E-state index in [1.54, 1.807) is 0 Å². The molecular weight excluding hydrogens is 451 g/mol. The van der Waals surface area contributed by atoms with Crippen LogP contribution in [0, 0.1) is 11.2 Å². The lowest BCUT2D eigenvalue weighted by Crippen LogP contribution is -2.60. The maximum Gasteiger partial charge on any atom is 0.411 e. The maximum absolute atomic E-state index is 15.1. The Morgan fingerprint density at radius 1 is 1.00 bits per heavy atom. The van der Waals surface area contributed by atoms with Crippen LogP contribution in [0.15, 0.2) is 66.7 Å². The fourth-order valence-electron chi connectivity index (χ4n) is 4.78. The third-order valence-corrected chi connectivity index (χ3v) is 6.69. The van der Waals surface area contributed by atoms with Crippen molar-refractivity contribution in [3.05, 3.63) is 89.2 Å². The number of carboxylic acid groups (broad SMARTS) is 1. The average molecular weight is 474 g/mol. The Labute approximate surface area is 201 Å². The van der Waals surface area contributed by atoms with Crippen LogP contribution in [0.25, 0.3) is 11.1 Å². The molecule has 1 saturated heterocycles. The minimum Gasteiger partial charge on any atom is -0.481 e. The lowest BCUT2D eigenvalue weighted by molar-refractivity contribution is -0.155. The minimum atomic E-state index is -1.04. The number of fused-ring (bicyclic) bond motifs is 3. The van der Waals surface area contributed by atoms with E-state index in [0.29, 0.717) is 0 Å². The predicted molar refractivity (Wildman–Crippen MR) is 127 cm³/mol. The number of nitrogens with one attached hydrogen (secondary N) is 1. The summed E-state index contributed by atoms with van der Waals surface area (Å²) in [5.41, 5.74) is 2.84. The van der Waals surface area contributed by atoms with Gasteiger partial charge in [-0.1, -0.05) is 54.6 Å². The van der Waals surface area contributed by atoms with Crippen molar-refractivity contribution >= 4 is 23.7 Å². The van der Waals surface area contributed by atoms with Gasteiger partial charge in [-0.05, 0) is 41.3 Å². The molecule has 1 aliphatic carbocycles. The summed E-state index contributed by atoms with van der Waals surface area (Å²) >= 11 is 0. The van der Waals surface area contributed by atoms with Crippen LogP contribution < -0.4 is 5.32 Å². The van der Waals surface area contributed by atoms with Crippen molar-refractivity contribution in [3.8, 4) is 11.1 Å². The van der Waals surface area contributed by atoms with E-state index < -0.39 is 29.2 Å². The molecule has 1 heterocycles. The van der Waals surface area contributed by atoms with Crippen LogP contribution in [0.5, 0.6) is 0 Å². The van der Waals surface area contributed by atoms with Crippen molar-refractivity contribution in [1.29, 1.82) is 0 Å². The van der Waals surface area contributed by atoms with Crippen LogP contribution >= 0.6 is 0 Å². The van der Waals surface area contributed by atoms with Crippen LogP contribution in [0.4, 0.5) is 14.9 Å². The Hall–Kier alpha value is -4.20. The molecule has 7 nitrogen and oxygen atoms in total. The highest BCUT2D eigenvalue weighted by molar-refractivity contribution is 5.98. The molecule has 0 spiro atoms. The normalized spacial score (nSPS) is 15.5. The first-order chi connectivity index (χ1) is 16.8. The van der Waals surface area contributed by atoms with Gasteiger partial charge in [0, 0.05) is 19.0 Å². The lowest BCUT2D eigenvalue weighted by Gasteiger charge is -2.44. The van der Waals surface area contributed by atoms with Gasteiger partial charge in [0.25, 0.3) is 5.91 Å². The molecule has 2 amide bonds. The Morgan fingerprint density at radius 2 is 1.60 bits per heavy atom. The van der Waals surface area contributed by atoms with Gasteiger partial charge in [-0.2, -0.15) is 0 Å². The van der Waals surface area contributed by atoms with Crippen molar-refractivity contribution < 1.29 is 28.6 Å². The summed E-state index contributed by atoms with van der Waals surface area (Å²) in [6, 6.07) is 20.0. The number of anilines is 1. The van der Waals surface area contributed by atoms with Gasteiger partial charge >= 0.3 is 12.1 Å². The van der Waals surface area contributed by atoms with Crippen LogP contribution in [0.2, 0.25) is 0 Å². The molecule has 178 valence electrons. The fourth-order valence-corrected chi connectivity index (χ4v) is 4.78. The molecule has 2 N–H and O–H groups in total. The van der Waals surface area contributed by atoms with E-state index in [4.69, 9.17) is 4.74 Å². The van der Waals surface area contributed by atoms with Gasteiger partial charge in [0.15, 0.2) is 5.82 Å². The van der Waals surface area contributed by atoms with Crippen LogP contribution in [-0.4, -0.2) is 47.7 Å². The topological polar surface area (TPSA) is 95.9 Å². The zero-order valence-electron chi connectivity index (χ0n) is 19.0. The number of aliphatic carboxylic acids is 1. The molecular formula is C27H23FN2O5. The van der Waals surface area contributed by atoms with Crippen molar-refractivity contribution in [2.45, 2.75) is 12.8 Å². The second kappa shape index (κ2) is 8.54. The molecule has 1 aliphatic heterocycles. The molecule has 2 aliphatic rings. The van der Waals surface area contributed by atoms with Crippen molar-refractivity contribution in [2.24, 2.45) is 5.41 Å². The maximum atomic E-state index is 15.1. The van der Waals surface area contributed by atoms with Gasteiger partial charge in [0.05, 0.1) is 11.3 Å². The van der Waals surface area contributed by atoms with E-state index in [0.717, 1.165) is 22.3 Å². The number of likely N-dealkylation sites (tertiary alicyclic amines) is 1. The van der Waals surface area contributed by atoms with Crippen LogP contribution in [0.1, 0.15) is 34.3 Å². The molecule has 0 aromatic heterocycles. The second-order valence-corrected chi connectivity index (χ2v) is 9.14. The van der Waals surface area contributed by atoms with Crippen LogP contribution in [0.3, 0.4) is 0 Å². The van der Waals surface area contributed by atoms with E-state index in [9.17, 15) is 19.5 Å². The van der Waals surface area contributed by atoms with E-state index >= 15 is 4.39 Å². The van der Waals surface area contributed by atoms with E-state index in [1.807, 2.05) is 48.5 Å². The van der Waals surface area contributed by atoms with E-state index in [-0.39, 0.29) is 36.9 Å². The molecule has 0 unspecified atom stereocenters. The summed E-state index contributed by atoms with van der Waals surface area (Å²) in [6.45, 7) is 1.58. The summed E-state index contributed by atoms with van der Waals surface area (Å²) in [6.07, 6.45) is -0.835. The Kier molecular flexibility index (Phi) is 5.51. The second-order valence-electron chi connectivity index (χ2n) is 9.14. The highest BCUT2D eigenvalue weighted by Crippen LogP contribution is 2.44. The van der Waals surface area contributed by atoms with Gasteiger partial charge in [0.1, 0.15) is 12.0 Å². The Balaban J connectivity index is 1.26. The van der Waals surface area contributed by atoms with Gasteiger partial charge < -0.3 is 14.7 Å². The first-order valence-electron chi connectivity index (χ1n) is 11.2. The molecule has 3 aromatic carbocycles. The molecule has 0 atom stereocenters. The highest BCUT2D eigenvalue weighted by Gasteiger charge is 2.48. The first-order valence-corrected chi connectivity index (χ1v) is 11.2. The first kappa shape index (κ1) is 22.6. The molecule has 5 rings (SSSR count). The number of hydrogen-bond acceptors (Lipinski definition) is 4. The molecule has 0 bridgehead atoms. The number of ether oxygens (including phenoxy) is 1. The summed E-state index contributed by atoms with van der Waals surface area (Å²) in [5, 5.41) is 11.6. The van der Waals surface area contributed by atoms with E-state index in [1.165, 1.54) is 30.0 Å². The van der Waals surface area contributed by atoms with E-state index in [2.05, 4.69) is 5.32 Å². The Morgan fingerprint density at radius 3 is 2.20 bits per heavy atom. The van der Waals surface area contributed by atoms with Gasteiger partial charge in [-0.15, -0.1) is 0 Å². The number of halogens is 1. The zero-order valence-corrected chi connectivity index (χ0v) is 19.0. The van der Waals surface area contributed by atoms with Gasteiger partial charge in [0.2, 0.25) is 0 Å².